The van der Waals surface area contributed by atoms with Gasteiger partial charge in [0.1, 0.15) is 6.61 Å². The van der Waals surface area contributed by atoms with Gasteiger partial charge in [-0.15, -0.1) is 0 Å². The fourth-order valence-corrected chi connectivity index (χ4v) is 2.10. The Kier molecular flexibility index (Phi) is 16.5. The lowest BCUT2D eigenvalue weighted by atomic mass is 10.1. The van der Waals surface area contributed by atoms with Crippen LogP contribution in [0, 0.1) is 0 Å². The molecule has 19 heavy (non-hydrogen) atoms. The normalized spacial score (nSPS) is 11.4. The first-order valence-corrected chi connectivity index (χ1v) is 8.02. The first-order valence-electron chi connectivity index (χ1n) is 8.02. The topological polar surface area (TPSA) is 9.23 Å². The van der Waals surface area contributed by atoms with Gasteiger partial charge in [-0.25, -0.2) is 4.84 Å². The van der Waals surface area contributed by atoms with Crippen molar-refractivity contribution in [2.45, 2.75) is 77.6 Å². The minimum absolute atomic E-state index is 0. The first kappa shape index (κ1) is 21.5. The van der Waals surface area contributed by atoms with Gasteiger partial charge in [-0.1, -0.05) is 71.1 Å². The van der Waals surface area contributed by atoms with Crippen molar-refractivity contribution in [2.75, 3.05) is 27.7 Å². The first-order chi connectivity index (χ1) is 8.56. The molecule has 0 aromatic carbocycles. The number of quaternary nitrogens is 1. The van der Waals surface area contributed by atoms with E-state index in [2.05, 4.69) is 28.1 Å². The smallest absolute Gasteiger partial charge is 0.106 e. The van der Waals surface area contributed by atoms with Crippen LogP contribution in [-0.4, -0.2) is 32.4 Å². The van der Waals surface area contributed by atoms with Crippen molar-refractivity contribution < 1.29 is 21.9 Å². The van der Waals surface area contributed by atoms with Crippen LogP contribution in [-0.2, 0) is 4.84 Å². The van der Waals surface area contributed by atoms with Gasteiger partial charge in [-0.2, -0.15) is 4.65 Å². The third-order valence-electron chi connectivity index (χ3n) is 3.23. The summed E-state index contributed by atoms with van der Waals surface area (Å²) in [7, 11) is 6.20. The van der Waals surface area contributed by atoms with E-state index in [1.807, 2.05) is 0 Å². The zero-order valence-corrected chi connectivity index (χ0v) is 14.5. The minimum atomic E-state index is 0. The molecule has 0 aromatic rings. The number of halogens is 1. The van der Waals surface area contributed by atoms with E-state index in [9.17, 15) is 0 Å². The molecule has 0 fully saturated rings. The zero-order valence-electron chi connectivity index (χ0n) is 13.7. The fourth-order valence-electron chi connectivity index (χ4n) is 2.10. The van der Waals surface area contributed by atoms with E-state index in [1.165, 1.54) is 70.6 Å². The molecule has 0 N–H and O–H groups in total. The molecule has 0 spiro atoms. The Morgan fingerprint density at radius 1 is 0.632 bits per heavy atom. The minimum Gasteiger partial charge on any atom is -1.00 e. The summed E-state index contributed by atoms with van der Waals surface area (Å²) in [5.41, 5.74) is 0. The largest absolute Gasteiger partial charge is 1.00 e. The third-order valence-corrected chi connectivity index (χ3v) is 3.23. The number of hydroxylamine groups is 3. The summed E-state index contributed by atoms with van der Waals surface area (Å²) in [5, 5.41) is 0. The maximum absolute atomic E-state index is 5.65. The van der Waals surface area contributed by atoms with Gasteiger partial charge < -0.3 is 12.4 Å². The number of hydrogen-bond acceptors (Lipinski definition) is 1. The van der Waals surface area contributed by atoms with Crippen LogP contribution < -0.4 is 12.4 Å². The number of nitrogens with zero attached hydrogens (tertiary/aromatic N) is 1. The molecule has 0 aliphatic heterocycles. The molecule has 118 valence electrons. The van der Waals surface area contributed by atoms with Gasteiger partial charge in [0.15, 0.2) is 0 Å². The molecular weight excluding hydrogens is 258 g/mol. The van der Waals surface area contributed by atoms with Crippen molar-refractivity contribution >= 4 is 0 Å². The highest BCUT2D eigenvalue weighted by Crippen LogP contribution is 2.11. The van der Waals surface area contributed by atoms with E-state index in [-0.39, 0.29) is 12.4 Å². The van der Waals surface area contributed by atoms with Crippen LogP contribution in [0.2, 0.25) is 0 Å². The number of hydrogen-bond donors (Lipinski definition) is 0. The Balaban J connectivity index is 0. The van der Waals surface area contributed by atoms with Crippen LogP contribution in [0.25, 0.3) is 0 Å². The quantitative estimate of drug-likeness (QED) is 0.286. The monoisotopic (exact) mass is 293 g/mol. The lowest BCUT2D eigenvalue weighted by Gasteiger charge is -2.20. The van der Waals surface area contributed by atoms with Gasteiger partial charge in [-0.3, -0.25) is 0 Å². The van der Waals surface area contributed by atoms with E-state index < -0.39 is 0 Å². The SMILES string of the molecule is CCCCCCCCCCCCCO[N+](C)(C)C.[Cl-]. The van der Waals surface area contributed by atoms with Crippen LogP contribution in [0.5, 0.6) is 0 Å². The highest BCUT2D eigenvalue weighted by atomic mass is 35.5. The maximum Gasteiger partial charge on any atom is 0.106 e. The summed E-state index contributed by atoms with van der Waals surface area (Å²) in [6, 6.07) is 0. The summed E-state index contributed by atoms with van der Waals surface area (Å²) in [6.07, 6.45) is 15.3. The molecule has 0 bridgehead atoms. The van der Waals surface area contributed by atoms with Gasteiger partial charge in [0, 0.05) is 0 Å². The van der Waals surface area contributed by atoms with Crippen molar-refractivity contribution in [3.63, 3.8) is 0 Å². The average molecular weight is 294 g/mol. The Hall–Kier alpha value is 0.210. The lowest BCUT2D eigenvalue weighted by Crippen LogP contribution is -3.00. The summed E-state index contributed by atoms with van der Waals surface area (Å²) >= 11 is 0. The molecule has 3 heteroatoms. The Bertz CT molecular complexity index is 169. The van der Waals surface area contributed by atoms with Gasteiger partial charge in [-0.05, 0) is 6.42 Å². The van der Waals surface area contributed by atoms with Crippen LogP contribution in [0.4, 0.5) is 0 Å². The van der Waals surface area contributed by atoms with E-state index in [0.717, 1.165) is 6.61 Å². The maximum atomic E-state index is 5.65. The second-order valence-corrected chi connectivity index (χ2v) is 6.26. The Labute approximate surface area is 127 Å². The Morgan fingerprint density at radius 2 is 1.00 bits per heavy atom. The summed E-state index contributed by atoms with van der Waals surface area (Å²) in [5.74, 6) is 0. The molecule has 0 radical (unpaired) electrons. The molecule has 0 saturated heterocycles. The van der Waals surface area contributed by atoms with E-state index in [1.54, 1.807) is 0 Å². The van der Waals surface area contributed by atoms with Crippen LogP contribution >= 0.6 is 0 Å². The second-order valence-electron chi connectivity index (χ2n) is 6.26. The highest BCUT2D eigenvalue weighted by molar-refractivity contribution is 4.47. The Morgan fingerprint density at radius 3 is 1.37 bits per heavy atom. The van der Waals surface area contributed by atoms with Crippen molar-refractivity contribution in [1.82, 2.24) is 0 Å². The molecule has 0 aliphatic carbocycles. The third kappa shape index (κ3) is 20.7. The average Bonchev–Trinajstić information content (AvgIpc) is 2.29. The fraction of sp³-hybridized carbons (Fsp3) is 1.00. The molecule has 0 rings (SSSR count). The van der Waals surface area contributed by atoms with Crippen LogP contribution in [0.15, 0.2) is 0 Å². The van der Waals surface area contributed by atoms with E-state index in [4.69, 9.17) is 4.84 Å². The molecule has 2 nitrogen and oxygen atoms in total. The predicted octanol–water partition coefficient (Wildman–Crippen LogP) is 1.94. The molecule has 0 aromatic heterocycles. The lowest BCUT2D eigenvalue weighted by molar-refractivity contribution is -1.06. The predicted molar refractivity (Wildman–Crippen MR) is 80.4 cm³/mol. The van der Waals surface area contributed by atoms with Crippen LogP contribution in [0.1, 0.15) is 77.6 Å². The summed E-state index contributed by atoms with van der Waals surface area (Å²) < 4.78 is 0.623. The standard InChI is InChI=1S/C16H36NO.ClH/c1-5-6-7-8-9-10-11-12-13-14-15-16-18-17(2,3)4;/h5-16H2,1-4H3;1H/q+1;/p-1. The summed E-state index contributed by atoms with van der Waals surface area (Å²) in [4.78, 5) is 5.65. The molecular formula is C16H36ClNO. The molecule has 0 atom stereocenters. The van der Waals surface area contributed by atoms with E-state index in [0.29, 0.717) is 4.65 Å². The molecule has 0 heterocycles. The van der Waals surface area contributed by atoms with Crippen molar-refractivity contribution in [3.8, 4) is 0 Å². The second kappa shape index (κ2) is 14.6. The van der Waals surface area contributed by atoms with Crippen molar-refractivity contribution in [1.29, 1.82) is 0 Å². The number of unbranched alkanes of at least 4 members (excludes halogenated alkanes) is 10. The molecule has 0 aliphatic rings. The van der Waals surface area contributed by atoms with Crippen LogP contribution in [0.3, 0.4) is 0 Å². The molecule has 0 saturated carbocycles. The van der Waals surface area contributed by atoms with Gasteiger partial charge >= 0.3 is 0 Å². The van der Waals surface area contributed by atoms with E-state index >= 15 is 0 Å². The highest BCUT2D eigenvalue weighted by Gasteiger charge is 2.06. The number of rotatable bonds is 13. The van der Waals surface area contributed by atoms with Gasteiger partial charge in [0.05, 0.1) is 21.1 Å². The van der Waals surface area contributed by atoms with Gasteiger partial charge in [0.2, 0.25) is 0 Å². The summed E-state index contributed by atoms with van der Waals surface area (Å²) in [6.45, 7) is 3.18. The molecule has 0 amide bonds. The van der Waals surface area contributed by atoms with Crippen molar-refractivity contribution in [3.05, 3.63) is 0 Å². The molecule has 0 unspecified atom stereocenters. The van der Waals surface area contributed by atoms with Crippen molar-refractivity contribution in [2.24, 2.45) is 0 Å². The zero-order chi connectivity index (χ0) is 13.7. The van der Waals surface area contributed by atoms with Gasteiger partial charge in [0.25, 0.3) is 0 Å².